The summed E-state index contributed by atoms with van der Waals surface area (Å²) in [5.41, 5.74) is 1.20. The molecule has 0 radical (unpaired) electrons. The lowest BCUT2D eigenvalue weighted by Crippen LogP contribution is -2.50. The Morgan fingerprint density at radius 2 is 2.12 bits per heavy atom. The number of carbonyl (C=O) groups is 1. The fraction of sp³-hybridized carbons (Fsp3) is 0.105. The highest BCUT2D eigenvalue weighted by molar-refractivity contribution is 8.14. The number of phenolic OH excluding ortho intramolecular Hbond substituents is 1. The lowest BCUT2D eigenvalue weighted by Gasteiger charge is -2.34. The summed E-state index contributed by atoms with van der Waals surface area (Å²) in [6, 6.07) is 14.3. The number of phenols is 1. The number of carbonyl (C=O) groups excluding carboxylic acids is 1. The number of hydrogen-bond acceptors (Lipinski definition) is 6. The van der Waals surface area contributed by atoms with Crippen molar-refractivity contribution in [3.63, 3.8) is 0 Å². The average Bonchev–Trinajstić information content (AvgIpc) is 2.65. The van der Waals surface area contributed by atoms with Crippen LogP contribution in [0, 0.1) is 0 Å². The van der Waals surface area contributed by atoms with Gasteiger partial charge in [-0.05, 0) is 18.2 Å². The van der Waals surface area contributed by atoms with Crippen molar-refractivity contribution in [2.24, 2.45) is 10.1 Å². The van der Waals surface area contributed by atoms with Crippen LogP contribution >= 0.6 is 11.8 Å². The van der Waals surface area contributed by atoms with Crippen molar-refractivity contribution >= 4 is 28.5 Å². The lowest BCUT2D eigenvalue weighted by molar-refractivity contribution is -0.116. The van der Waals surface area contributed by atoms with Gasteiger partial charge in [-0.25, -0.2) is 5.01 Å². The first kappa shape index (κ1) is 16.4. The summed E-state index contributed by atoms with van der Waals surface area (Å²) in [7, 11) is 0. The highest BCUT2D eigenvalue weighted by Gasteiger charge is 2.34. The van der Waals surface area contributed by atoms with Crippen molar-refractivity contribution in [3.8, 4) is 5.75 Å². The quantitative estimate of drug-likeness (QED) is 0.809. The maximum Gasteiger partial charge on any atom is 0.276 e. The Labute approximate surface area is 154 Å². The summed E-state index contributed by atoms with van der Waals surface area (Å²) in [5.74, 6) is 0.552. The van der Waals surface area contributed by atoms with E-state index in [4.69, 9.17) is 4.99 Å². The van der Waals surface area contributed by atoms with Crippen LogP contribution in [0.25, 0.3) is 5.70 Å². The number of amidine groups is 1. The number of nitrogens with zero attached hydrogens (tertiary/aromatic N) is 3. The predicted octanol–water partition coefficient (Wildman–Crippen LogP) is 1.45. The monoisotopic (exact) mass is 364 g/mol. The van der Waals surface area contributed by atoms with Crippen molar-refractivity contribution in [2.75, 3.05) is 5.75 Å². The van der Waals surface area contributed by atoms with E-state index in [1.807, 2.05) is 30.3 Å². The number of rotatable bonds is 3. The SMILES string of the molecule is C=CCSC1=NN2C(=c3ccccc3=NC2c2cccc(O)c2)C(=O)N1. The third kappa shape index (κ3) is 2.86. The summed E-state index contributed by atoms with van der Waals surface area (Å²) in [6.45, 7) is 3.69. The maximum absolute atomic E-state index is 12.8. The number of hydrazone groups is 1. The second kappa shape index (κ2) is 6.68. The summed E-state index contributed by atoms with van der Waals surface area (Å²) in [5, 5.41) is 20.9. The van der Waals surface area contributed by atoms with Gasteiger partial charge in [-0.2, -0.15) is 0 Å². The first-order chi connectivity index (χ1) is 12.7. The van der Waals surface area contributed by atoms with Crippen molar-refractivity contribution in [1.29, 1.82) is 0 Å². The van der Waals surface area contributed by atoms with E-state index in [0.29, 0.717) is 16.6 Å². The zero-order chi connectivity index (χ0) is 18.1. The predicted molar refractivity (Wildman–Crippen MR) is 102 cm³/mol. The van der Waals surface area contributed by atoms with Crippen LogP contribution in [-0.4, -0.2) is 26.9 Å². The van der Waals surface area contributed by atoms with Crippen LogP contribution in [0.2, 0.25) is 0 Å². The molecule has 7 heteroatoms. The molecule has 2 aliphatic rings. The highest BCUT2D eigenvalue weighted by atomic mass is 32.2. The second-order valence-corrected chi connectivity index (χ2v) is 6.78. The van der Waals surface area contributed by atoms with Crippen LogP contribution in [0.4, 0.5) is 0 Å². The molecule has 130 valence electrons. The van der Waals surface area contributed by atoms with Gasteiger partial charge < -0.3 is 5.11 Å². The van der Waals surface area contributed by atoms with Gasteiger partial charge in [0.05, 0.1) is 5.36 Å². The standard InChI is InChI=1S/C19H16N4O2S/c1-2-10-26-19-21-18(25)16-14-8-3-4-9-15(14)20-17(23(16)22-19)12-6-5-7-13(24)11-12/h2-9,11,17,24H,1,10H2,(H,21,22,25). The molecule has 4 rings (SSSR count). The molecule has 0 aromatic heterocycles. The first-order valence-corrected chi connectivity index (χ1v) is 9.05. The fourth-order valence-electron chi connectivity index (χ4n) is 2.93. The molecule has 6 nitrogen and oxygen atoms in total. The number of benzene rings is 2. The number of para-hydroxylation sites is 1. The highest BCUT2D eigenvalue weighted by Crippen LogP contribution is 2.31. The number of fused-ring (bicyclic) bond motifs is 2. The molecule has 0 saturated carbocycles. The molecule has 0 saturated heterocycles. The minimum absolute atomic E-state index is 0.143. The number of nitrogens with one attached hydrogen (secondary N) is 1. The van der Waals surface area contributed by atoms with E-state index >= 15 is 0 Å². The molecule has 0 aliphatic carbocycles. The Bertz CT molecular complexity index is 1050. The molecule has 2 heterocycles. The molecule has 1 atom stereocenters. The summed E-state index contributed by atoms with van der Waals surface area (Å²) in [4.78, 5) is 17.6. The van der Waals surface area contributed by atoms with Gasteiger partial charge in [0, 0.05) is 16.5 Å². The van der Waals surface area contributed by atoms with Crippen LogP contribution in [-0.2, 0) is 4.79 Å². The molecule has 2 aliphatic heterocycles. The van der Waals surface area contributed by atoms with E-state index in [0.717, 1.165) is 16.1 Å². The van der Waals surface area contributed by atoms with E-state index < -0.39 is 6.17 Å². The van der Waals surface area contributed by atoms with Gasteiger partial charge in [0.1, 0.15) is 11.4 Å². The molecule has 1 unspecified atom stereocenters. The number of aromatic hydroxyl groups is 1. The smallest absolute Gasteiger partial charge is 0.276 e. The molecular formula is C19H16N4O2S. The van der Waals surface area contributed by atoms with Gasteiger partial charge in [-0.3, -0.25) is 15.1 Å². The molecule has 0 fully saturated rings. The van der Waals surface area contributed by atoms with E-state index in [1.54, 1.807) is 29.3 Å². The van der Waals surface area contributed by atoms with E-state index in [9.17, 15) is 9.90 Å². The van der Waals surface area contributed by atoms with Crippen LogP contribution in [0.3, 0.4) is 0 Å². The molecule has 2 N–H and O–H groups in total. The summed E-state index contributed by atoms with van der Waals surface area (Å²) < 4.78 is 0. The maximum atomic E-state index is 12.8. The van der Waals surface area contributed by atoms with Crippen molar-refractivity contribution in [1.82, 2.24) is 10.3 Å². The van der Waals surface area contributed by atoms with Crippen LogP contribution in [0.15, 0.2) is 71.3 Å². The van der Waals surface area contributed by atoms with Gasteiger partial charge in [0.2, 0.25) is 0 Å². The zero-order valence-electron chi connectivity index (χ0n) is 13.8. The second-order valence-electron chi connectivity index (χ2n) is 5.77. The lowest BCUT2D eigenvalue weighted by atomic mass is 10.1. The Morgan fingerprint density at radius 1 is 1.27 bits per heavy atom. The molecule has 1 amide bonds. The minimum atomic E-state index is -0.530. The van der Waals surface area contributed by atoms with Crippen LogP contribution < -0.4 is 15.9 Å². The summed E-state index contributed by atoms with van der Waals surface area (Å²) in [6.07, 6.45) is 1.22. The van der Waals surface area contributed by atoms with Gasteiger partial charge in [-0.15, -0.1) is 11.7 Å². The normalized spacial score (nSPS) is 18.2. The van der Waals surface area contributed by atoms with Gasteiger partial charge in [0.25, 0.3) is 5.91 Å². The molecule has 2 aromatic rings. The first-order valence-electron chi connectivity index (χ1n) is 8.06. The molecular weight excluding hydrogens is 348 g/mol. The van der Waals surface area contributed by atoms with Crippen molar-refractivity contribution < 1.29 is 9.90 Å². The minimum Gasteiger partial charge on any atom is -0.508 e. The molecule has 0 bridgehead atoms. The molecule has 0 spiro atoms. The fourth-order valence-corrected chi connectivity index (χ4v) is 3.52. The molecule has 2 aromatic carbocycles. The van der Waals surface area contributed by atoms with E-state index in [2.05, 4.69) is 17.0 Å². The van der Waals surface area contributed by atoms with Crippen LogP contribution in [0.1, 0.15) is 11.7 Å². The Morgan fingerprint density at radius 3 is 2.92 bits per heavy atom. The van der Waals surface area contributed by atoms with Crippen molar-refractivity contribution in [2.45, 2.75) is 6.17 Å². The van der Waals surface area contributed by atoms with Crippen LogP contribution in [0.5, 0.6) is 5.75 Å². The van der Waals surface area contributed by atoms with Crippen molar-refractivity contribution in [3.05, 3.63) is 77.3 Å². The third-order valence-corrected chi connectivity index (χ3v) is 4.88. The number of hydrogen-bond donors (Lipinski definition) is 2. The van der Waals surface area contributed by atoms with Gasteiger partial charge in [0.15, 0.2) is 11.3 Å². The average molecular weight is 364 g/mol. The Hall–Kier alpha value is -3.06. The topological polar surface area (TPSA) is 77.3 Å². The third-order valence-electron chi connectivity index (χ3n) is 4.02. The largest absolute Gasteiger partial charge is 0.508 e. The summed E-state index contributed by atoms with van der Waals surface area (Å²) >= 11 is 1.39. The van der Waals surface area contributed by atoms with E-state index in [1.165, 1.54) is 11.8 Å². The van der Waals surface area contributed by atoms with E-state index in [-0.39, 0.29) is 11.7 Å². The Balaban J connectivity index is 1.92. The van der Waals surface area contributed by atoms with Gasteiger partial charge >= 0.3 is 0 Å². The number of thioether (sulfide) groups is 1. The molecule has 26 heavy (non-hydrogen) atoms. The Kier molecular flexibility index (Phi) is 4.22. The zero-order valence-corrected chi connectivity index (χ0v) is 14.6. The van der Waals surface area contributed by atoms with Gasteiger partial charge in [-0.1, -0.05) is 48.2 Å². The number of amides is 1.